The van der Waals surface area contributed by atoms with Crippen LogP contribution in [0.3, 0.4) is 0 Å². The summed E-state index contributed by atoms with van der Waals surface area (Å²) in [5.41, 5.74) is 2.86. The van der Waals surface area contributed by atoms with Crippen LogP contribution in [0.15, 0.2) is 42.5 Å². The first-order chi connectivity index (χ1) is 13.3. The van der Waals surface area contributed by atoms with Crippen molar-refractivity contribution in [1.29, 1.82) is 0 Å². The zero-order valence-corrected chi connectivity index (χ0v) is 16.9. The lowest BCUT2D eigenvalue weighted by Crippen LogP contribution is -2.23. The first-order valence-corrected chi connectivity index (χ1v) is 9.39. The van der Waals surface area contributed by atoms with Gasteiger partial charge in [-0.25, -0.2) is 0 Å². The molecular formula is C21H28N4O3. The lowest BCUT2D eigenvalue weighted by Gasteiger charge is -2.18. The summed E-state index contributed by atoms with van der Waals surface area (Å²) in [7, 11) is 3.46. The van der Waals surface area contributed by atoms with E-state index in [1.54, 1.807) is 31.1 Å². The van der Waals surface area contributed by atoms with E-state index in [9.17, 15) is 14.9 Å². The van der Waals surface area contributed by atoms with Gasteiger partial charge >= 0.3 is 0 Å². The first-order valence-electron chi connectivity index (χ1n) is 9.39. The Morgan fingerprint density at radius 1 is 1.04 bits per heavy atom. The molecule has 7 heteroatoms. The van der Waals surface area contributed by atoms with Crippen LogP contribution in [-0.2, 0) is 13.1 Å². The minimum Gasteiger partial charge on any atom is -0.372 e. The van der Waals surface area contributed by atoms with E-state index < -0.39 is 4.92 Å². The van der Waals surface area contributed by atoms with Crippen molar-refractivity contribution < 1.29 is 9.72 Å². The van der Waals surface area contributed by atoms with Crippen molar-refractivity contribution in [3.05, 3.63) is 69.3 Å². The zero-order chi connectivity index (χ0) is 20.7. The minimum atomic E-state index is -0.471. The molecule has 0 unspecified atom stereocenters. The summed E-state index contributed by atoms with van der Waals surface area (Å²) in [4.78, 5) is 27.2. The van der Waals surface area contributed by atoms with Gasteiger partial charge in [-0.05, 0) is 36.3 Å². The predicted molar refractivity (Wildman–Crippen MR) is 112 cm³/mol. The van der Waals surface area contributed by atoms with Gasteiger partial charge in [0.15, 0.2) is 0 Å². The molecule has 1 amide bonds. The average Bonchev–Trinajstić information content (AvgIpc) is 2.70. The molecule has 2 rings (SSSR count). The van der Waals surface area contributed by atoms with Gasteiger partial charge in [-0.15, -0.1) is 0 Å². The van der Waals surface area contributed by atoms with Crippen LogP contribution < -0.4 is 10.2 Å². The molecule has 150 valence electrons. The molecule has 0 aromatic heterocycles. The Kier molecular flexibility index (Phi) is 7.52. The average molecular weight is 384 g/mol. The van der Waals surface area contributed by atoms with Gasteiger partial charge in [0.2, 0.25) is 0 Å². The van der Waals surface area contributed by atoms with E-state index in [1.807, 2.05) is 12.1 Å². The Hall–Kier alpha value is -2.93. The van der Waals surface area contributed by atoms with Crippen LogP contribution >= 0.6 is 0 Å². The number of anilines is 1. The fourth-order valence-electron chi connectivity index (χ4n) is 2.94. The third-order valence-electron chi connectivity index (χ3n) is 4.69. The Labute approximate surface area is 166 Å². The van der Waals surface area contributed by atoms with Gasteiger partial charge in [0.25, 0.3) is 11.6 Å². The number of carbonyl (C=O) groups excluding carboxylic acids is 1. The van der Waals surface area contributed by atoms with Gasteiger partial charge in [-0.3, -0.25) is 19.8 Å². The highest BCUT2D eigenvalue weighted by atomic mass is 16.6. The fraction of sp³-hybridized carbons (Fsp3) is 0.381. The van der Waals surface area contributed by atoms with Gasteiger partial charge in [-0.2, -0.15) is 0 Å². The number of nitrogens with one attached hydrogen (secondary N) is 1. The minimum absolute atomic E-state index is 0.0848. The van der Waals surface area contributed by atoms with Crippen molar-refractivity contribution in [2.45, 2.75) is 26.9 Å². The van der Waals surface area contributed by atoms with Gasteiger partial charge in [-0.1, -0.05) is 38.1 Å². The van der Waals surface area contributed by atoms with Crippen molar-refractivity contribution in [2.24, 2.45) is 0 Å². The summed E-state index contributed by atoms with van der Waals surface area (Å²) in [6.45, 7) is 7.57. The molecule has 0 spiro atoms. The van der Waals surface area contributed by atoms with E-state index in [4.69, 9.17) is 0 Å². The number of nitrogens with zero attached hydrogens (tertiary/aromatic N) is 3. The van der Waals surface area contributed by atoms with E-state index in [0.717, 1.165) is 25.2 Å². The van der Waals surface area contributed by atoms with Crippen molar-refractivity contribution in [1.82, 2.24) is 10.2 Å². The standard InChI is InChI=1S/C21H28N4O3/c1-5-24(6-2)15-17-9-7-16(8-10-17)14-22-21(26)18-11-12-19(23(3)4)20(13-18)25(27)28/h7-13H,5-6,14-15H2,1-4H3,(H,22,26). The maximum atomic E-state index is 12.4. The number of carbonyl (C=O) groups is 1. The van der Waals surface area contributed by atoms with Crippen molar-refractivity contribution in [3.8, 4) is 0 Å². The normalized spacial score (nSPS) is 10.8. The summed E-state index contributed by atoms with van der Waals surface area (Å²) in [5, 5.41) is 14.1. The van der Waals surface area contributed by atoms with Crippen LogP contribution in [0.4, 0.5) is 11.4 Å². The second-order valence-corrected chi connectivity index (χ2v) is 6.82. The summed E-state index contributed by atoms with van der Waals surface area (Å²) < 4.78 is 0. The lowest BCUT2D eigenvalue weighted by atomic mass is 10.1. The van der Waals surface area contributed by atoms with Crippen LogP contribution in [0.25, 0.3) is 0 Å². The number of hydrogen-bond donors (Lipinski definition) is 1. The SMILES string of the molecule is CCN(CC)Cc1ccc(CNC(=O)c2ccc(N(C)C)c([N+](=O)[O-])c2)cc1. The molecule has 28 heavy (non-hydrogen) atoms. The summed E-state index contributed by atoms with van der Waals surface area (Å²) >= 11 is 0. The molecule has 0 radical (unpaired) electrons. The molecule has 0 saturated heterocycles. The topological polar surface area (TPSA) is 78.7 Å². The molecule has 2 aromatic carbocycles. The first kappa shape index (κ1) is 21.4. The smallest absolute Gasteiger partial charge is 0.293 e. The Morgan fingerprint density at radius 2 is 1.64 bits per heavy atom. The summed E-state index contributed by atoms with van der Waals surface area (Å²) in [5.74, 6) is -0.333. The number of hydrogen-bond acceptors (Lipinski definition) is 5. The molecule has 0 heterocycles. The Balaban J connectivity index is 2.02. The summed E-state index contributed by atoms with van der Waals surface area (Å²) in [6, 6.07) is 12.6. The van der Waals surface area contributed by atoms with Gasteiger partial charge < -0.3 is 10.2 Å². The van der Waals surface area contributed by atoms with E-state index in [-0.39, 0.29) is 17.2 Å². The van der Waals surface area contributed by atoms with Gasteiger partial charge in [0.1, 0.15) is 5.69 Å². The predicted octanol–water partition coefficient (Wildman–Crippen LogP) is 3.43. The number of benzene rings is 2. The molecule has 0 atom stereocenters. The highest BCUT2D eigenvalue weighted by Crippen LogP contribution is 2.27. The molecule has 0 fully saturated rings. The Morgan fingerprint density at radius 3 is 2.18 bits per heavy atom. The lowest BCUT2D eigenvalue weighted by molar-refractivity contribution is -0.384. The molecule has 1 N–H and O–H groups in total. The zero-order valence-electron chi connectivity index (χ0n) is 16.9. The fourth-order valence-corrected chi connectivity index (χ4v) is 2.94. The summed E-state index contributed by atoms with van der Waals surface area (Å²) in [6.07, 6.45) is 0. The maximum absolute atomic E-state index is 12.4. The van der Waals surface area contributed by atoms with Crippen molar-refractivity contribution in [2.75, 3.05) is 32.1 Å². The Bertz CT molecular complexity index is 815. The van der Waals surface area contributed by atoms with Crippen LogP contribution in [0, 0.1) is 10.1 Å². The second kappa shape index (κ2) is 9.85. The molecule has 0 bridgehead atoms. The van der Waals surface area contributed by atoms with E-state index in [0.29, 0.717) is 12.2 Å². The monoisotopic (exact) mass is 384 g/mol. The van der Waals surface area contributed by atoms with Crippen LogP contribution in [0.5, 0.6) is 0 Å². The highest BCUT2D eigenvalue weighted by Gasteiger charge is 2.18. The van der Waals surface area contributed by atoms with E-state index in [2.05, 4.69) is 36.2 Å². The molecule has 0 aliphatic rings. The van der Waals surface area contributed by atoms with Crippen molar-refractivity contribution in [3.63, 3.8) is 0 Å². The van der Waals surface area contributed by atoms with Gasteiger partial charge in [0, 0.05) is 38.8 Å². The second-order valence-electron chi connectivity index (χ2n) is 6.82. The highest BCUT2D eigenvalue weighted by molar-refractivity contribution is 5.95. The maximum Gasteiger partial charge on any atom is 0.293 e. The van der Waals surface area contributed by atoms with E-state index in [1.165, 1.54) is 11.6 Å². The molecule has 2 aromatic rings. The molecule has 0 aliphatic carbocycles. The number of nitro benzene ring substituents is 1. The van der Waals surface area contributed by atoms with Crippen molar-refractivity contribution >= 4 is 17.3 Å². The van der Waals surface area contributed by atoms with Crippen LogP contribution in [-0.4, -0.2) is 42.9 Å². The largest absolute Gasteiger partial charge is 0.372 e. The molecule has 7 nitrogen and oxygen atoms in total. The van der Waals surface area contributed by atoms with E-state index >= 15 is 0 Å². The number of amides is 1. The number of rotatable bonds is 9. The third kappa shape index (κ3) is 5.53. The number of nitro groups is 1. The van der Waals surface area contributed by atoms with Gasteiger partial charge in [0.05, 0.1) is 4.92 Å². The molecular weight excluding hydrogens is 356 g/mol. The quantitative estimate of drug-likeness (QED) is 0.529. The third-order valence-corrected chi connectivity index (χ3v) is 4.69. The van der Waals surface area contributed by atoms with Crippen LogP contribution in [0.1, 0.15) is 35.3 Å². The molecule has 0 aliphatic heterocycles. The molecule has 0 saturated carbocycles. The van der Waals surface area contributed by atoms with Crippen LogP contribution in [0.2, 0.25) is 0 Å².